The highest BCUT2D eigenvalue weighted by atomic mass is 79.9. The molecule has 1 aliphatic rings. The van der Waals surface area contributed by atoms with E-state index in [0.29, 0.717) is 11.0 Å². The van der Waals surface area contributed by atoms with Crippen LogP contribution in [0.25, 0.3) is 0 Å². The van der Waals surface area contributed by atoms with Gasteiger partial charge in [0, 0.05) is 10.7 Å². The molecule has 0 heterocycles. The Morgan fingerprint density at radius 2 is 2.24 bits per heavy atom. The molecule has 2 nitrogen and oxygen atoms in total. The Labute approximate surface area is 111 Å². The summed E-state index contributed by atoms with van der Waals surface area (Å²) in [7, 11) is 0. The summed E-state index contributed by atoms with van der Waals surface area (Å²) >= 11 is 3.57. The number of nitriles is 1. The molecule has 1 fully saturated rings. The second-order valence-electron chi connectivity index (χ2n) is 4.87. The van der Waals surface area contributed by atoms with E-state index < -0.39 is 0 Å². The van der Waals surface area contributed by atoms with Crippen molar-refractivity contribution in [3.8, 4) is 11.8 Å². The molecule has 1 aromatic rings. The fraction of sp³-hybridized carbons (Fsp3) is 0.500. The van der Waals surface area contributed by atoms with Gasteiger partial charge < -0.3 is 4.74 Å². The maximum absolute atomic E-state index is 8.87. The van der Waals surface area contributed by atoms with Crippen LogP contribution in [0.3, 0.4) is 0 Å². The number of hydrogen-bond donors (Lipinski definition) is 0. The first-order valence-electron chi connectivity index (χ1n) is 5.89. The minimum absolute atomic E-state index is 0.315. The highest BCUT2D eigenvalue weighted by Crippen LogP contribution is 2.42. The molecule has 0 spiro atoms. The number of ether oxygens (including phenoxy) is 1. The zero-order chi connectivity index (χ0) is 12.3. The molecule has 0 aliphatic heterocycles. The fourth-order valence-electron chi connectivity index (χ4n) is 2.05. The van der Waals surface area contributed by atoms with E-state index in [0.717, 1.165) is 23.2 Å². The summed E-state index contributed by atoms with van der Waals surface area (Å²) in [6.45, 7) is 2.76. The summed E-state index contributed by atoms with van der Waals surface area (Å²) in [4.78, 5) is 0. The molecule has 0 aromatic heterocycles. The molecule has 1 saturated carbocycles. The van der Waals surface area contributed by atoms with Crippen molar-refractivity contribution in [1.29, 1.82) is 5.26 Å². The van der Waals surface area contributed by atoms with Crippen LogP contribution in [0.15, 0.2) is 18.2 Å². The van der Waals surface area contributed by atoms with E-state index in [1.807, 2.05) is 25.1 Å². The molecule has 1 aromatic carbocycles. The lowest BCUT2D eigenvalue weighted by Gasteiger charge is -2.40. The standard InChI is InChI=1S/C14H16BrNO/c1-11-3-4-12(8-16)7-13(11)17-10-14(9-15)5-2-6-14/h3-4,7H,2,5-6,9-10H2,1H3. The van der Waals surface area contributed by atoms with Gasteiger partial charge in [-0.15, -0.1) is 0 Å². The first-order chi connectivity index (χ1) is 8.19. The highest BCUT2D eigenvalue weighted by Gasteiger charge is 2.36. The lowest BCUT2D eigenvalue weighted by Crippen LogP contribution is -2.37. The van der Waals surface area contributed by atoms with Gasteiger partial charge in [0.05, 0.1) is 18.2 Å². The van der Waals surface area contributed by atoms with Gasteiger partial charge in [0.25, 0.3) is 0 Å². The van der Waals surface area contributed by atoms with Crippen LogP contribution in [0.4, 0.5) is 0 Å². The monoisotopic (exact) mass is 293 g/mol. The number of hydrogen-bond acceptors (Lipinski definition) is 2. The molecule has 0 N–H and O–H groups in total. The van der Waals surface area contributed by atoms with Crippen molar-refractivity contribution >= 4 is 15.9 Å². The van der Waals surface area contributed by atoms with Crippen molar-refractivity contribution in [2.24, 2.45) is 5.41 Å². The maximum Gasteiger partial charge on any atom is 0.123 e. The van der Waals surface area contributed by atoms with Crippen LogP contribution < -0.4 is 4.74 Å². The Hall–Kier alpha value is -1.01. The summed E-state index contributed by atoms with van der Waals surface area (Å²) < 4.78 is 5.90. The summed E-state index contributed by atoms with van der Waals surface area (Å²) in [5.74, 6) is 0.844. The quantitative estimate of drug-likeness (QED) is 0.791. The lowest BCUT2D eigenvalue weighted by atomic mass is 9.71. The fourth-order valence-corrected chi connectivity index (χ4v) is 2.77. The van der Waals surface area contributed by atoms with Crippen molar-refractivity contribution < 1.29 is 4.74 Å². The molecule has 0 saturated heterocycles. The molecule has 0 amide bonds. The third kappa shape index (κ3) is 2.63. The average Bonchev–Trinajstić information content (AvgIpc) is 2.30. The van der Waals surface area contributed by atoms with Crippen molar-refractivity contribution in [2.75, 3.05) is 11.9 Å². The van der Waals surface area contributed by atoms with E-state index in [2.05, 4.69) is 22.0 Å². The van der Waals surface area contributed by atoms with Crippen LogP contribution in [0, 0.1) is 23.7 Å². The normalized spacial score (nSPS) is 17.0. The Morgan fingerprint density at radius 1 is 1.47 bits per heavy atom. The maximum atomic E-state index is 8.87. The molecule has 0 unspecified atom stereocenters. The minimum atomic E-state index is 0.315. The Bertz CT molecular complexity index is 441. The highest BCUT2D eigenvalue weighted by molar-refractivity contribution is 9.09. The van der Waals surface area contributed by atoms with Gasteiger partial charge in [0.1, 0.15) is 5.75 Å². The molecule has 2 rings (SSSR count). The smallest absolute Gasteiger partial charge is 0.123 e. The van der Waals surface area contributed by atoms with E-state index in [9.17, 15) is 0 Å². The number of benzene rings is 1. The van der Waals surface area contributed by atoms with Gasteiger partial charge in [-0.25, -0.2) is 0 Å². The van der Waals surface area contributed by atoms with Crippen LogP contribution in [0.1, 0.15) is 30.4 Å². The molecule has 90 valence electrons. The van der Waals surface area contributed by atoms with E-state index in [1.54, 1.807) is 0 Å². The third-order valence-electron chi connectivity index (χ3n) is 3.55. The van der Waals surface area contributed by atoms with E-state index in [-0.39, 0.29) is 0 Å². The summed E-state index contributed by atoms with van der Waals surface area (Å²) in [5, 5.41) is 9.87. The molecule has 0 bridgehead atoms. The van der Waals surface area contributed by atoms with Crippen LogP contribution in [-0.2, 0) is 0 Å². The van der Waals surface area contributed by atoms with Crippen molar-refractivity contribution in [2.45, 2.75) is 26.2 Å². The molecule has 1 aliphatic carbocycles. The zero-order valence-corrected chi connectivity index (χ0v) is 11.6. The van der Waals surface area contributed by atoms with Crippen molar-refractivity contribution in [3.05, 3.63) is 29.3 Å². The summed E-state index contributed by atoms with van der Waals surface area (Å²) in [6, 6.07) is 7.74. The van der Waals surface area contributed by atoms with Gasteiger partial charge in [0.15, 0.2) is 0 Å². The van der Waals surface area contributed by atoms with Crippen LogP contribution in [-0.4, -0.2) is 11.9 Å². The Balaban J connectivity index is 2.06. The van der Waals surface area contributed by atoms with Crippen molar-refractivity contribution in [1.82, 2.24) is 0 Å². The number of nitrogens with zero attached hydrogens (tertiary/aromatic N) is 1. The Kier molecular flexibility index (Phi) is 3.73. The Morgan fingerprint density at radius 3 is 2.76 bits per heavy atom. The third-order valence-corrected chi connectivity index (χ3v) is 4.74. The van der Waals surface area contributed by atoms with Crippen LogP contribution in [0.5, 0.6) is 5.75 Å². The van der Waals surface area contributed by atoms with Crippen molar-refractivity contribution in [3.63, 3.8) is 0 Å². The summed E-state index contributed by atoms with van der Waals surface area (Å²) in [6.07, 6.45) is 3.76. The number of alkyl halides is 1. The largest absolute Gasteiger partial charge is 0.493 e. The predicted molar refractivity (Wildman–Crippen MR) is 71.5 cm³/mol. The average molecular weight is 294 g/mol. The van der Waals surface area contributed by atoms with Gasteiger partial charge in [-0.1, -0.05) is 28.4 Å². The summed E-state index contributed by atoms with van der Waals surface area (Å²) in [5.41, 5.74) is 2.06. The van der Waals surface area contributed by atoms with Gasteiger partial charge in [0.2, 0.25) is 0 Å². The second-order valence-corrected chi connectivity index (χ2v) is 5.43. The van der Waals surface area contributed by atoms with Crippen LogP contribution in [0.2, 0.25) is 0 Å². The molecule has 17 heavy (non-hydrogen) atoms. The lowest BCUT2D eigenvalue weighted by molar-refractivity contribution is 0.0834. The molecular weight excluding hydrogens is 278 g/mol. The van der Waals surface area contributed by atoms with Gasteiger partial charge in [-0.2, -0.15) is 5.26 Å². The van der Waals surface area contributed by atoms with Gasteiger partial charge >= 0.3 is 0 Å². The molecule has 3 heteroatoms. The SMILES string of the molecule is Cc1ccc(C#N)cc1OCC1(CBr)CCC1. The van der Waals surface area contributed by atoms with E-state index in [4.69, 9.17) is 10.00 Å². The minimum Gasteiger partial charge on any atom is -0.493 e. The van der Waals surface area contributed by atoms with E-state index >= 15 is 0 Å². The second kappa shape index (κ2) is 5.10. The molecule has 0 atom stereocenters. The predicted octanol–water partition coefficient (Wildman–Crippen LogP) is 3.81. The first-order valence-corrected chi connectivity index (χ1v) is 7.01. The zero-order valence-electron chi connectivity index (χ0n) is 10.0. The topological polar surface area (TPSA) is 33.0 Å². The molecule has 0 radical (unpaired) electrons. The molecular formula is C14H16BrNO. The first kappa shape index (κ1) is 12.4. The number of aryl methyl sites for hydroxylation is 1. The number of rotatable bonds is 4. The van der Waals surface area contributed by atoms with Gasteiger partial charge in [-0.05, 0) is 37.5 Å². The number of halogens is 1. The van der Waals surface area contributed by atoms with E-state index in [1.165, 1.54) is 19.3 Å². The van der Waals surface area contributed by atoms with Crippen LogP contribution >= 0.6 is 15.9 Å². The van der Waals surface area contributed by atoms with Gasteiger partial charge in [-0.3, -0.25) is 0 Å².